The van der Waals surface area contributed by atoms with Crippen LogP contribution in [0.2, 0.25) is 0 Å². The average molecular weight is 261 g/mol. The summed E-state index contributed by atoms with van der Waals surface area (Å²) in [5, 5.41) is 2.94. The van der Waals surface area contributed by atoms with Crippen molar-refractivity contribution in [3.05, 3.63) is 35.4 Å². The Hall–Kier alpha value is -1.84. The fourth-order valence-electron chi connectivity index (χ4n) is 2.07. The van der Waals surface area contributed by atoms with E-state index in [0.717, 1.165) is 18.4 Å². The number of carbonyl (C=O) groups is 2. The zero-order chi connectivity index (χ0) is 13.8. The molecule has 1 aromatic rings. The third kappa shape index (κ3) is 3.56. The predicted octanol–water partition coefficient (Wildman–Crippen LogP) is 1.79. The van der Waals surface area contributed by atoms with Gasteiger partial charge in [0.2, 0.25) is 5.91 Å². The Morgan fingerprint density at radius 1 is 1.32 bits per heavy atom. The van der Waals surface area contributed by atoms with E-state index in [0.29, 0.717) is 18.0 Å². The maximum atomic E-state index is 11.6. The Balaban J connectivity index is 1.77. The number of rotatable bonds is 5. The molecule has 0 radical (unpaired) electrons. The first-order chi connectivity index (χ1) is 9.11. The summed E-state index contributed by atoms with van der Waals surface area (Å²) in [6.45, 7) is 2.73. The van der Waals surface area contributed by atoms with E-state index in [1.807, 2.05) is 12.1 Å². The minimum Gasteiger partial charge on any atom is -0.465 e. The van der Waals surface area contributed by atoms with Crippen molar-refractivity contribution in [2.24, 2.45) is 11.8 Å². The van der Waals surface area contributed by atoms with E-state index in [-0.39, 0.29) is 17.8 Å². The first-order valence-electron chi connectivity index (χ1n) is 6.56. The van der Waals surface area contributed by atoms with Crippen LogP contribution in [0.5, 0.6) is 0 Å². The van der Waals surface area contributed by atoms with Crippen molar-refractivity contribution in [2.75, 3.05) is 13.7 Å². The van der Waals surface area contributed by atoms with Gasteiger partial charge in [0, 0.05) is 12.5 Å². The number of nitrogens with one attached hydrogen (secondary N) is 1. The van der Waals surface area contributed by atoms with Crippen molar-refractivity contribution in [3.63, 3.8) is 0 Å². The molecule has 1 aliphatic carbocycles. The summed E-state index contributed by atoms with van der Waals surface area (Å²) in [5.41, 5.74) is 1.64. The Morgan fingerprint density at radius 3 is 2.47 bits per heavy atom. The third-order valence-corrected chi connectivity index (χ3v) is 3.53. The number of methoxy groups -OCH3 is 1. The number of carbonyl (C=O) groups excluding carboxylic acids is 2. The van der Waals surface area contributed by atoms with E-state index in [1.54, 1.807) is 12.1 Å². The summed E-state index contributed by atoms with van der Waals surface area (Å²) in [5.74, 6) is 0.599. The van der Waals surface area contributed by atoms with Crippen molar-refractivity contribution in [1.29, 1.82) is 0 Å². The molecule has 0 aliphatic heterocycles. The monoisotopic (exact) mass is 261 g/mol. The van der Waals surface area contributed by atoms with Crippen molar-refractivity contribution in [2.45, 2.75) is 19.8 Å². The second kappa shape index (κ2) is 5.87. The molecule has 1 fully saturated rings. The maximum absolute atomic E-state index is 11.6. The third-order valence-electron chi connectivity index (χ3n) is 3.53. The maximum Gasteiger partial charge on any atom is 0.337 e. The van der Waals surface area contributed by atoms with Crippen LogP contribution in [0.4, 0.5) is 0 Å². The summed E-state index contributed by atoms with van der Waals surface area (Å²) in [6, 6.07) is 7.26. The van der Waals surface area contributed by atoms with Gasteiger partial charge in [-0.1, -0.05) is 19.1 Å². The molecule has 1 amide bonds. The summed E-state index contributed by atoms with van der Waals surface area (Å²) in [4.78, 5) is 22.9. The highest BCUT2D eigenvalue weighted by atomic mass is 16.5. The molecule has 1 aliphatic rings. The zero-order valence-electron chi connectivity index (χ0n) is 11.3. The molecule has 102 valence electrons. The van der Waals surface area contributed by atoms with Crippen LogP contribution in [-0.4, -0.2) is 25.5 Å². The Bertz CT molecular complexity index is 467. The fraction of sp³-hybridized carbons (Fsp3) is 0.467. The van der Waals surface area contributed by atoms with Crippen LogP contribution in [-0.2, 0) is 16.0 Å². The predicted molar refractivity (Wildman–Crippen MR) is 71.8 cm³/mol. The lowest BCUT2D eigenvalue weighted by atomic mass is 10.1. The Morgan fingerprint density at radius 2 is 1.95 bits per heavy atom. The standard InChI is InChI=1S/C15H19NO3/c1-10-9-13(10)14(17)16-8-7-11-3-5-12(6-4-11)15(18)19-2/h3-6,10,13H,7-9H2,1-2H3,(H,16,17)/t10-,13+/m0/s1. The summed E-state index contributed by atoms with van der Waals surface area (Å²) in [7, 11) is 1.37. The summed E-state index contributed by atoms with van der Waals surface area (Å²) < 4.78 is 4.64. The van der Waals surface area contributed by atoms with Gasteiger partial charge in [-0.2, -0.15) is 0 Å². The van der Waals surface area contributed by atoms with Crippen LogP contribution in [0.25, 0.3) is 0 Å². The highest BCUT2D eigenvalue weighted by Gasteiger charge is 2.38. The molecule has 2 atom stereocenters. The lowest BCUT2D eigenvalue weighted by molar-refractivity contribution is -0.122. The SMILES string of the molecule is COC(=O)c1ccc(CCNC(=O)[C@@H]2C[C@@H]2C)cc1. The highest BCUT2D eigenvalue weighted by Crippen LogP contribution is 2.37. The number of amides is 1. The molecule has 1 aromatic carbocycles. The molecular weight excluding hydrogens is 242 g/mol. The highest BCUT2D eigenvalue weighted by molar-refractivity contribution is 5.89. The van der Waals surface area contributed by atoms with Gasteiger partial charge in [-0.3, -0.25) is 4.79 Å². The van der Waals surface area contributed by atoms with Gasteiger partial charge in [0.15, 0.2) is 0 Å². The van der Waals surface area contributed by atoms with E-state index in [4.69, 9.17) is 0 Å². The van der Waals surface area contributed by atoms with Crippen molar-refractivity contribution in [3.8, 4) is 0 Å². The lowest BCUT2D eigenvalue weighted by Crippen LogP contribution is -2.27. The zero-order valence-corrected chi connectivity index (χ0v) is 11.3. The van der Waals surface area contributed by atoms with E-state index >= 15 is 0 Å². The van der Waals surface area contributed by atoms with Crippen molar-refractivity contribution in [1.82, 2.24) is 5.32 Å². The van der Waals surface area contributed by atoms with E-state index < -0.39 is 0 Å². The van der Waals surface area contributed by atoms with Crippen LogP contribution < -0.4 is 5.32 Å². The van der Waals surface area contributed by atoms with Crippen molar-refractivity contribution < 1.29 is 14.3 Å². The topological polar surface area (TPSA) is 55.4 Å². The van der Waals surface area contributed by atoms with Gasteiger partial charge in [0.25, 0.3) is 0 Å². The Labute approximate surface area is 113 Å². The van der Waals surface area contributed by atoms with Crippen molar-refractivity contribution >= 4 is 11.9 Å². The molecule has 4 nitrogen and oxygen atoms in total. The quantitative estimate of drug-likeness (QED) is 0.822. The molecule has 2 rings (SSSR count). The van der Waals surface area contributed by atoms with E-state index in [9.17, 15) is 9.59 Å². The van der Waals surface area contributed by atoms with Crippen LogP contribution in [0.15, 0.2) is 24.3 Å². The molecule has 19 heavy (non-hydrogen) atoms. The normalized spacial score (nSPS) is 20.7. The van der Waals surface area contributed by atoms with Gasteiger partial charge in [0.1, 0.15) is 0 Å². The second-order valence-electron chi connectivity index (χ2n) is 5.05. The molecule has 1 N–H and O–H groups in total. The van der Waals surface area contributed by atoms with Gasteiger partial charge in [-0.25, -0.2) is 4.79 Å². The van der Waals surface area contributed by atoms with Gasteiger partial charge in [-0.15, -0.1) is 0 Å². The molecule has 0 unspecified atom stereocenters. The molecule has 4 heteroatoms. The summed E-state index contributed by atoms with van der Waals surface area (Å²) in [6.07, 6.45) is 1.79. The van der Waals surface area contributed by atoms with Crippen LogP contribution in [0, 0.1) is 11.8 Å². The van der Waals surface area contributed by atoms with Gasteiger partial charge >= 0.3 is 5.97 Å². The number of ether oxygens (including phenoxy) is 1. The number of benzene rings is 1. The molecule has 0 spiro atoms. The number of hydrogen-bond donors (Lipinski definition) is 1. The molecular formula is C15H19NO3. The molecule has 0 aromatic heterocycles. The smallest absolute Gasteiger partial charge is 0.337 e. The minimum atomic E-state index is -0.331. The summed E-state index contributed by atoms with van der Waals surface area (Å²) >= 11 is 0. The van der Waals surface area contributed by atoms with E-state index in [2.05, 4.69) is 17.0 Å². The minimum absolute atomic E-state index is 0.165. The number of hydrogen-bond acceptors (Lipinski definition) is 3. The second-order valence-corrected chi connectivity index (χ2v) is 5.05. The van der Waals surface area contributed by atoms with E-state index in [1.165, 1.54) is 7.11 Å². The Kier molecular flexibility index (Phi) is 4.20. The molecule has 1 saturated carbocycles. The average Bonchev–Trinajstić information content (AvgIpc) is 3.16. The van der Waals surface area contributed by atoms with Gasteiger partial charge in [-0.05, 0) is 36.5 Å². The van der Waals surface area contributed by atoms with Crippen LogP contribution in [0.1, 0.15) is 29.3 Å². The molecule has 0 saturated heterocycles. The van der Waals surface area contributed by atoms with Gasteiger partial charge in [0.05, 0.1) is 12.7 Å². The van der Waals surface area contributed by atoms with Crippen LogP contribution in [0.3, 0.4) is 0 Å². The fourth-order valence-corrected chi connectivity index (χ4v) is 2.07. The lowest BCUT2D eigenvalue weighted by Gasteiger charge is -2.05. The first kappa shape index (κ1) is 13.6. The molecule has 0 bridgehead atoms. The number of esters is 1. The van der Waals surface area contributed by atoms with Crippen LogP contribution >= 0.6 is 0 Å². The first-order valence-corrected chi connectivity index (χ1v) is 6.56. The van der Waals surface area contributed by atoms with Gasteiger partial charge < -0.3 is 10.1 Å². The molecule has 0 heterocycles. The largest absolute Gasteiger partial charge is 0.465 e.